The highest BCUT2D eigenvalue weighted by Gasteiger charge is 2.52. The molecule has 0 spiro atoms. The fourth-order valence-corrected chi connectivity index (χ4v) is 10.5. The monoisotopic (exact) mass is 982 g/mol. The zero-order chi connectivity index (χ0) is 50.9. The number of esters is 1. The van der Waals surface area contributed by atoms with Gasteiger partial charge in [-0.3, -0.25) is 9.59 Å². The molecule has 23 atom stereocenters. The Morgan fingerprint density at radius 2 is 1.41 bits per heavy atom. The van der Waals surface area contributed by atoms with Crippen LogP contribution in [0.3, 0.4) is 0 Å². The zero-order valence-corrected chi connectivity index (χ0v) is 42.9. The average molecular weight is 982 g/mol. The van der Waals surface area contributed by atoms with E-state index in [1.807, 2.05) is 13.8 Å². The number of rotatable bonds is 15. The molecule has 0 aromatic heterocycles. The Kier molecular flexibility index (Phi) is 22.9. The number of carbonyl (C=O) groups is 2. The van der Waals surface area contributed by atoms with Crippen LogP contribution in [0.1, 0.15) is 100 Å². The van der Waals surface area contributed by atoms with Gasteiger partial charge in [0, 0.05) is 65.5 Å². The van der Waals surface area contributed by atoms with Crippen LogP contribution >= 0.6 is 0 Å². The van der Waals surface area contributed by atoms with E-state index in [2.05, 4.69) is 0 Å². The summed E-state index contributed by atoms with van der Waals surface area (Å²) in [6.45, 7) is 13.6. The average Bonchev–Trinajstić information content (AvgIpc) is 3.28. The number of aliphatic hydroxyl groups is 6. The highest BCUT2D eigenvalue weighted by Crippen LogP contribution is 2.39. The maximum Gasteiger partial charge on any atom is 0.308 e. The van der Waals surface area contributed by atoms with Crippen LogP contribution in [0.2, 0.25) is 0 Å². The number of likely N-dealkylation sites (N-methyl/N-ethyl adjacent to an activating group) is 1. The molecule has 0 radical (unpaired) electrons. The predicted octanol–water partition coefficient (Wildman–Crippen LogP) is 1.53. The van der Waals surface area contributed by atoms with E-state index >= 15 is 0 Å². The normalized spacial score (nSPS) is 45.4. The summed E-state index contributed by atoms with van der Waals surface area (Å²) >= 11 is 0. The van der Waals surface area contributed by atoms with Gasteiger partial charge in [-0.1, -0.05) is 27.7 Å². The van der Waals surface area contributed by atoms with Crippen LogP contribution < -0.4 is 0 Å². The lowest BCUT2D eigenvalue weighted by molar-refractivity contribution is -0.342. The van der Waals surface area contributed by atoms with Gasteiger partial charge < -0.3 is 87.6 Å². The predicted molar refractivity (Wildman–Crippen MR) is 244 cm³/mol. The van der Waals surface area contributed by atoms with Crippen LogP contribution in [0, 0.1) is 29.6 Å². The minimum Gasteiger partial charge on any atom is -0.462 e. The van der Waals surface area contributed by atoms with Crippen LogP contribution in [0.15, 0.2) is 0 Å². The number of hydrogen-bond acceptors (Lipinski definition) is 20. The van der Waals surface area contributed by atoms with Crippen molar-refractivity contribution < 1.29 is 92.3 Å². The molecule has 6 N–H and O–H groups in total. The Labute approximate surface area is 403 Å². The van der Waals surface area contributed by atoms with Crippen molar-refractivity contribution >= 4 is 11.8 Å². The Balaban J connectivity index is 1.66. The van der Waals surface area contributed by atoms with Crippen LogP contribution in [-0.4, -0.2) is 213 Å². The number of nitrogens with zero attached hydrogens (tertiary/aromatic N) is 1. The number of cyclic esters (lactones) is 1. The highest BCUT2D eigenvalue weighted by molar-refractivity contribution is 5.80. The first-order chi connectivity index (χ1) is 31.9. The summed E-state index contributed by atoms with van der Waals surface area (Å²) in [7, 11) is 9.42. The molecule has 0 bridgehead atoms. The lowest BCUT2D eigenvalue weighted by Crippen LogP contribution is -2.65. The molecule has 20 nitrogen and oxygen atoms in total. The molecule has 0 saturated carbocycles. The van der Waals surface area contributed by atoms with Gasteiger partial charge in [-0.05, 0) is 72.9 Å². The topological polar surface area (TPSA) is 260 Å². The number of Topliss-reactive ketones (excluding diaryl/α,β-unsaturated/α-hetero) is 1. The Hall–Kier alpha value is -1.54. The molecule has 0 aliphatic carbocycles. The summed E-state index contributed by atoms with van der Waals surface area (Å²) in [4.78, 5) is 29.9. The van der Waals surface area contributed by atoms with E-state index in [0.29, 0.717) is 6.42 Å². The number of hydrogen-bond donors (Lipinski definition) is 6. The first-order valence-electron chi connectivity index (χ1n) is 24.5. The van der Waals surface area contributed by atoms with E-state index < -0.39 is 158 Å². The van der Waals surface area contributed by atoms with Crippen LogP contribution in [0.25, 0.3) is 0 Å². The first kappa shape index (κ1) is 59.0. The Bertz CT molecular complexity index is 1520. The Morgan fingerprint density at radius 1 is 0.779 bits per heavy atom. The highest BCUT2D eigenvalue weighted by atomic mass is 16.7. The molecule has 0 amide bonds. The van der Waals surface area contributed by atoms with E-state index in [0.717, 1.165) is 0 Å². The standard InChI is InChI=1S/C48H87NO19/c1-15-33-30(22-62-47-44(61-14)43(60-13)39(54)26(5)64-47)38(53)23(2)16-17-31(50)24(3)18-29(19-35(58-11)59-12)41(25(4)32(51)20-34(52)66-33)68-46-40(55)37(49(9)10)42(27(6)65-46)67-36-21-48(8,57)45(56)28(7)63-36/h23-30,32-33,35-47,51,53-57H,15-22H2,1-14H3/t23?,24-,25-,26-,27-,28+,29-,30-,32-,33-,36+,37-,38?,39-,40-,41-,42-,43-,44-,45+,46+,47-,48-/m1/s1. The molecule has 4 aliphatic rings. The van der Waals surface area contributed by atoms with Crippen molar-refractivity contribution in [1.82, 2.24) is 4.90 Å². The molecular formula is C48H87NO19. The number of carbonyl (C=O) groups excluding carboxylic acids is 2. The summed E-state index contributed by atoms with van der Waals surface area (Å²) in [5, 5.41) is 68.3. The van der Waals surface area contributed by atoms with Crippen molar-refractivity contribution in [3.05, 3.63) is 0 Å². The molecule has 68 heavy (non-hydrogen) atoms. The van der Waals surface area contributed by atoms with Gasteiger partial charge in [0.2, 0.25) is 0 Å². The molecule has 4 heterocycles. The third-order valence-corrected chi connectivity index (χ3v) is 15.0. The summed E-state index contributed by atoms with van der Waals surface area (Å²) < 4.78 is 66.5. The number of aliphatic hydroxyl groups excluding tert-OH is 5. The third kappa shape index (κ3) is 14.6. The van der Waals surface area contributed by atoms with Crippen molar-refractivity contribution in [3.63, 3.8) is 0 Å². The summed E-state index contributed by atoms with van der Waals surface area (Å²) in [6, 6.07) is -0.743. The number of methoxy groups -OCH3 is 4. The van der Waals surface area contributed by atoms with Crippen molar-refractivity contribution in [2.75, 3.05) is 49.1 Å². The summed E-state index contributed by atoms with van der Waals surface area (Å²) in [6.07, 6.45) is -15.7. The maximum atomic E-state index is 14.1. The van der Waals surface area contributed by atoms with Crippen molar-refractivity contribution in [2.24, 2.45) is 29.6 Å². The maximum absolute atomic E-state index is 14.1. The van der Waals surface area contributed by atoms with Gasteiger partial charge in [0.15, 0.2) is 25.2 Å². The molecule has 4 aliphatic heterocycles. The molecule has 0 aromatic carbocycles. The molecule has 0 aromatic rings. The zero-order valence-electron chi connectivity index (χ0n) is 42.9. The van der Waals surface area contributed by atoms with Crippen molar-refractivity contribution in [3.8, 4) is 0 Å². The van der Waals surface area contributed by atoms with Crippen LogP contribution in [0.5, 0.6) is 0 Å². The Morgan fingerprint density at radius 3 is 1.99 bits per heavy atom. The minimum atomic E-state index is -1.49. The van der Waals surface area contributed by atoms with Gasteiger partial charge in [-0.15, -0.1) is 0 Å². The number of ketones is 1. The van der Waals surface area contributed by atoms with E-state index in [1.165, 1.54) is 35.4 Å². The van der Waals surface area contributed by atoms with E-state index in [4.69, 9.17) is 52.1 Å². The van der Waals surface area contributed by atoms with E-state index in [-0.39, 0.29) is 44.5 Å². The summed E-state index contributed by atoms with van der Waals surface area (Å²) in [5.41, 5.74) is -1.49. The molecule has 2 unspecified atom stereocenters. The molecule has 398 valence electrons. The van der Waals surface area contributed by atoms with Gasteiger partial charge in [-0.25, -0.2) is 0 Å². The lowest BCUT2D eigenvalue weighted by Gasteiger charge is -2.50. The molecular weight excluding hydrogens is 895 g/mol. The second-order valence-corrected chi connectivity index (χ2v) is 20.3. The van der Waals surface area contributed by atoms with Gasteiger partial charge >= 0.3 is 5.97 Å². The van der Waals surface area contributed by atoms with Gasteiger partial charge in [0.25, 0.3) is 0 Å². The van der Waals surface area contributed by atoms with Gasteiger partial charge in [-0.2, -0.15) is 0 Å². The van der Waals surface area contributed by atoms with Gasteiger partial charge in [0.05, 0.1) is 61.3 Å². The third-order valence-electron chi connectivity index (χ3n) is 15.0. The second kappa shape index (κ2) is 26.4. The van der Waals surface area contributed by atoms with E-state index in [1.54, 1.807) is 53.6 Å². The van der Waals surface area contributed by atoms with Gasteiger partial charge in [0.1, 0.15) is 48.5 Å². The van der Waals surface area contributed by atoms with Crippen LogP contribution in [-0.2, 0) is 61.7 Å². The molecule has 4 rings (SSSR count). The quantitative estimate of drug-likeness (QED) is 0.100. The molecule has 20 heteroatoms. The fourth-order valence-electron chi connectivity index (χ4n) is 10.5. The minimum absolute atomic E-state index is 0.0336. The second-order valence-electron chi connectivity index (χ2n) is 20.3. The van der Waals surface area contributed by atoms with Crippen molar-refractivity contribution in [1.29, 1.82) is 0 Å². The van der Waals surface area contributed by atoms with Crippen LogP contribution in [0.4, 0.5) is 0 Å². The number of ether oxygens (including phenoxy) is 11. The fraction of sp³-hybridized carbons (Fsp3) is 0.958. The largest absolute Gasteiger partial charge is 0.462 e. The molecule has 4 fully saturated rings. The lowest BCUT2D eigenvalue weighted by atomic mass is 9.78. The summed E-state index contributed by atoms with van der Waals surface area (Å²) in [5.74, 6) is -4.03. The first-order valence-corrected chi connectivity index (χ1v) is 24.5. The van der Waals surface area contributed by atoms with Crippen molar-refractivity contribution in [2.45, 2.75) is 216 Å². The SMILES string of the molecule is CC[C@H]1OC(=O)C[C@@H](O)[C@@H](C)[C@@H](O[C@@H]2O[C@H](C)[C@@H](O[C@H]3C[C@@](C)(O)[C@@H](O)[C@H](C)O3)[C@H](N(C)C)[C@H]2O)[C@@H](CC(OC)OC)C[C@@H](C)C(=O)CCC(C)C(O)[C@@H]1CO[C@@H]1O[C@H](C)[C@@H](O)[C@@H](OC)[C@H]1OC. The van der Waals surface area contributed by atoms with E-state index in [9.17, 15) is 40.2 Å². The molecule has 4 saturated heterocycles. The smallest absolute Gasteiger partial charge is 0.308 e.